The molecule has 1 saturated heterocycles. The molecule has 1 aliphatic heterocycles. The van der Waals surface area contributed by atoms with Crippen LogP contribution in [0.2, 0.25) is 0 Å². The highest BCUT2D eigenvalue weighted by atomic mass is 16.5. The third-order valence-electron chi connectivity index (χ3n) is 3.75. The van der Waals surface area contributed by atoms with Gasteiger partial charge < -0.3 is 9.47 Å². The van der Waals surface area contributed by atoms with Crippen LogP contribution in [-0.4, -0.2) is 44.9 Å². The van der Waals surface area contributed by atoms with Gasteiger partial charge in [-0.1, -0.05) is 12.1 Å². The van der Waals surface area contributed by atoms with Crippen molar-refractivity contribution in [1.82, 2.24) is 4.90 Å². The van der Waals surface area contributed by atoms with Crippen LogP contribution in [0.4, 0.5) is 0 Å². The second-order valence-electron chi connectivity index (χ2n) is 5.22. The summed E-state index contributed by atoms with van der Waals surface area (Å²) < 4.78 is 10.6. The van der Waals surface area contributed by atoms with E-state index in [0.717, 1.165) is 38.5 Å². The van der Waals surface area contributed by atoms with Gasteiger partial charge in [0.15, 0.2) is 0 Å². The van der Waals surface area contributed by atoms with E-state index in [-0.39, 0.29) is 0 Å². The first-order valence-electron chi connectivity index (χ1n) is 7.23. The van der Waals surface area contributed by atoms with Crippen molar-refractivity contribution >= 4 is 0 Å². The molecule has 1 fully saturated rings. The number of nitrogens with zero attached hydrogens (tertiary/aromatic N) is 1. The van der Waals surface area contributed by atoms with Gasteiger partial charge in [-0.2, -0.15) is 0 Å². The highest BCUT2D eigenvalue weighted by Gasteiger charge is 2.09. The van der Waals surface area contributed by atoms with Gasteiger partial charge in [0.25, 0.3) is 0 Å². The minimum Gasteiger partial charge on any atom is -0.496 e. The molecule has 0 spiro atoms. The summed E-state index contributed by atoms with van der Waals surface area (Å²) in [6, 6.07) is 6.50. The van der Waals surface area contributed by atoms with Crippen molar-refractivity contribution in [3.05, 3.63) is 29.3 Å². The zero-order valence-electron chi connectivity index (χ0n) is 12.2. The molecule has 3 nitrogen and oxygen atoms in total. The number of hydrogen-bond acceptors (Lipinski definition) is 3. The third-order valence-corrected chi connectivity index (χ3v) is 3.75. The zero-order chi connectivity index (χ0) is 13.5. The largest absolute Gasteiger partial charge is 0.496 e. The van der Waals surface area contributed by atoms with E-state index in [2.05, 4.69) is 30.0 Å². The van der Waals surface area contributed by atoms with Gasteiger partial charge in [-0.3, -0.25) is 4.90 Å². The predicted octanol–water partition coefficient (Wildman–Crippen LogP) is 2.66. The monoisotopic (exact) mass is 263 g/mol. The van der Waals surface area contributed by atoms with Crippen molar-refractivity contribution in [2.24, 2.45) is 0 Å². The normalized spacial score (nSPS) is 16.5. The molecule has 1 heterocycles. The number of morpholine rings is 1. The van der Waals surface area contributed by atoms with Gasteiger partial charge in [-0.05, 0) is 49.9 Å². The van der Waals surface area contributed by atoms with E-state index in [1.54, 1.807) is 7.11 Å². The average molecular weight is 263 g/mol. The molecule has 0 unspecified atom stereocenters. The number of hydrogen-bond donors (Lipinski definition) is 0. The minimum absolute atomic E-state index is 0.900. The maximum absolute atomic E-state index is 5.36. The van der Waals surface area contributed by atoms with Crippen LogP contribution >= 0.6 is 0 Å². The summed E-state index contributed by atoms with van der Waals surface area (Å²) in [6.45, 7) is 7.31. The maximum atomic E-state index is 5.36. The SMILES string of the molecule is COc1ccc(CCCCN2CCOCC2)cc1C. The lowest BCUT2D eigenvalue weighted by Gasteiger charge is -2.26. The van der Waals surface area contributed by atoms with E-state index in [1.165, 1.54) is 30.5 Å². The van der Waals surface area contributed by atoms with Crippen LogP contribution in [-0.2, 0) is 11.2 Å². The summed E-state index contributed by atoms with van der Waals surface area (Å²) in [4.78, 5) is 2.50. The Morgan fingerprint density at radius 3 is 2.68 bits per heavy atom. The van der Waals surface area contributed by atoms with E-state index < -0.39 is 0 Å². The van der Waals surface area contributed by atoms with Crippen molar-refractivity contribution in [2.75, 3.05) is 40.0 Å². The van der Waals surface area contributed by atoms with Gasteiger partial charge in [-0.15, -0.1) is 0 Å². The fourth-order valence-electron chi connectivity index (χ4n) is 2.59. The Morgan fingerprint density at radius 2 is 2.00 bits per heavy atom. The summed E-state index contributed by atoms with van der Waals surface area (Å²) in [6.07, 6.45) is 3.68. The van der Waals surface area contributed by atoms with Crippen LogP contribution < -0.4 is 4.74 Å². The molecule has 0 bridgehead atoms. The Hall–Kier alpha value is -1.06. The molecule has 1 aliphatic rings. The smallest absolute Gasteiger partial charge is 0.121 e. The summed E-state index contributed by atoms with van der Waals surface area (Å²) in [5.74, 6) is 0.983. The molecule has 0 amide bonds. The van der Waals surface area contributed by atoms with Crippen molar-refractivity contribution < 1.29 is 9.47 Å². The second kappa shape index (κ2) is 7.51. The Morgan fingerprint density at radius 1 is 1.21 bits per heavy atom. The maximum Gasteiger partial charge on any atom is 0.121 e. The molecule has 1 aromatic rings. The molecule has 0 saturated carbocycles. The van der Waals surface area contributed by atoms with Crippen molar-refractivity contribution in [2.45, 2.75) is 26.2 Å². The Balaban J connectivity index is 1.69. The molecule has 2 rings (SSSR count). The van der Waals surface area contributed by atoms with Crippen molar-refractivity contribution in [3.63, 3.8) is 0 Å². The summed E-state index contributed by atoms with van der Waals surface area (Å²) in [5.41, 5.74) is 2.65. The third kappa shape index (κ3) is 4.51. The first kappa shape index (κ1) is 14.4. The van der Waals surface area contributed by atoms with Gasteiger partial charge in [0.2, 0.25) is 0 Å². The van der Waals surface area contributed by atoms with Crippen LogP contribution in [0.15, 0.2) is 18.2 Å². The van der Waals surface area contributed by atoms with Gasteiger partial charge in [0.1, 0.15) is 5.75 Å². The fourth-order valence-corrected chi connectivity index (χ4v) is 2.59. The number of methoxy groups -OCH3 is 1. The standard InChI is InChI=1S/C16H25NO2/c1-14-13-15(6-7-16(14)18-2)5-3-4-8-17-9-11-19-12-10-17/h6-7,13H,3-5,8-12H2,1-2H3. The average Bonchev–Trinajstić information content (AvgIpc) is 2.45. The lowest BCUT2D eigenvalue weighted by Crippen LogP contribution is -2.36. The molecule has 0 aliphatic carbocycles. The number of unbranched alkanes of at least 4 members (excludes halogenated alkanes) is 1. The Labute approximate surface area is 116 Å². The van der Waals surface area contributed by atoms with Crippen molar-refractivity contribution in [1.29, 1.82) is 0 Å². The van der Waals surface area contributed by atoms with Gasteiger partial charge in [0.05, 0.1) is 20.3 Å². The molecular formula is C16H25NO2. The summed E-state index contributed by atoms with van der Waals surface area (Å²) in [5, 5.41) is 0. The first-order chi connectivity index (χ1) is 9.29. The van der Waals surface area contributed by atoms with Crippen LogP contribution in [0, 0.1) is 6.92 Å². The van der Waals surface area contributed by atoms with Crippen LogP contribution in [0.3, 0.4) is 0 Å². The fraction of sp³-hybridized carbons (Fsp3) is 0.625. The lowest BCUT2D eigenvalue weighted by molar-refractivity contribution is 0.0372. The second-order valence-corrected chi connectivity index (χ2v) is 5.22. The Kier molecular flexibility index (Phi) is 5.67. The molecular weight excluding hydrogens is 238 g/mol. The number of ether oxygens (including phenoxy) is 2. The zero-order valence-corrected chi connectivity index (χ0v) is 12.2. The van der Waals surface area contributed by atoms with E-state index in [1.807, 2.05) is 0 Å². The van der Waals surface area contributed by atoms with E-state index in [9.17, 15) is 0 Å². The van der Waals surface area contributed by atoms with E-state index in [0.29, 0.717) is 0 Å². The van der Waals surface area contributed by atoms with E-state index >= 15 is 0 Å². The summed E-state index contributed by atoms with van der Waals surface area (Å²) in [7, 11) is 1.73. The molecule has 3 heteroatoms. The number of aryl methyl sites for hydroxylation is 2. The van der Waals surface area contributed by atoms with Crippen molar-refractivity contribution in [3.8, 4) is 5.75 Å². The van der Waals surface area contributed by atoms with Crippen LogP contribution in [0.5, 0.6) is 5.75 Å². The predicted molar refractivity (Wildman–Crippen MR) is 77.9 cm³/mol. The first-order valence-corrected chi connectivity index (χ1v) is 7.23. The number of rotatable bonds is 6. The molecule has 106 valence electrons. The molecule has 1 aromatic carbocycles. The molecule has 19 heavy (non-hydrogen) atoms. The summed E-state index contributed by atoms with van der Waals surface area (Å²) >= 11 is 0. The molecule has 0 radical (unpaired) electrons. The highest BCUT2D eigenvalue weighted by molar-refractivity contribution is 5.36. The lowest BCUT2D eigenvalue weighted by atomic mass is 10.0. The van der Waals surface area contributed by atoms with Gasteiger partial charge in [0, 0.05) is 13.1 Å². The number of benzene rings is 1. The van der Waals surface area contributed by atoms with Gasteiger partial charge in [-0.25, -0.2) is 0 Å². The Bertz CT molecular complexity index is 386. The van der Waals surface area contributed by atoms with Gasteiger partial charge >= 0.3 is 0 Å². The minimum atomic E-state index is 0.900. The van der Waals surface area contributed by atoms with E-state index in [4.69, 9.17) is 9.47 Å². The molecule has 0 aromatic heterocycles. The molecule has 0 N–H and O–H groups in total. The van der Waals surface area contributed by atoms with Crippen LogP contribution in [0.25, 0.3) is 0 Å². The quantitative estimate of drug-likeness (QED) is 0.737. The topological polar surface area (TPSA) is 21.7 Å². The van der Waals surface area contributed by atoms with Crippen LogP contribution in [0.1, 0.15) is 24.0 Å². The highest BCUT2D eigenvalue weighted by Crippen LogP contribution is 2.19. The molecule has 0 atom stereocenters.